The molecule has 1 unspecified atom stereocenters. The Morgan fingerprint density at radius 3 is 2.39 bits per heavy atom. The van der Waals surface area contributed by atoms with E-state index in [1.165, 1.54) is 11.1 Å². The molecule has 4 fully saturated rings. The van der Waals surface area contributed by atoms with Crippen LogP contribution in [0.1, 0.15) is 62.5 Å². The molecule has 2 saturated heterocycles. The molecular weight excluding hydrogens is 484 g/mol. The van der Waals surface area contributed by atoms with Crippen LogP contribution in [-0.4, -0.2) is 71.0 Å². The number of carbonyl (C=O) groups is 4. The summed E-state index contributed by atoms with van der Waals surface area (Å²) in [6.45, 7) is 1.09. The second-order valence-electron chi connectivity index (χ2n) is 12.2. The molecule has 9 nitrogen and oxygen atoms in total. The summed E-state index contributed by atoms with van der Waals surface area (Å²) in [7, 11) is 0. The van der Waals surface area contributed by atoms with Crippen molar-refractivity contribution in [3.8, 4) is 0 Å². The van der Waals surface area contributed by atoms with Gasteiger partial charge in [0.1, 0.15) is 6.04 Å². The standard InChI is InChI=1S/C29H38N4O5/c34-24(27(37)31-21-5-6-21)22(15-19-7-11-30-25(19)35)32-26(36)23-16-29(8-9-29)10-12-33(23)28(38)20-13-17-3-1-2-4-18(17)14-20/h1-4,19-24,34H,5-16H2,(H,30,35)(H,31,37)(H,32,36)/t19-,22-,23-,24?/m0/s1. The Bertz CT molecular complexity index is 1100. The number of nitrogens with zero attached hydrogens (tertiary/aromatic N) is 1. The summed E-state index contributed by atoms with van der Waals surface area (Å²) in [5, 5.41) is 19.5. The lowest BCUT2D eigenvalue weighted by Gasteiger charge is -2.41. The third kappa shape index (κ3) is 5.17. The van der Waals surface area contributed by atoms with Gasteiger partial charge in [0.25, 0.3) is 5.91 Å². The lowest BCUT2D eigenvalue weighted by molar-refractivity contribution is -0.148. The Hall–Kier alpha value is -2.94. The quantitative estimate of drug-likeness (QED) is 0.402. The van der Waals surface area contributed by atoms with Gasteiger partial charge in [0.2, 0.25) is 17.7 Å². The zero-order valence-corrected chi connectivity index (χ0v) is 21.8. The van der Waals surface area contributed by atoms with Gasteiger partial charge in [0, 0.05) is 31.0 Å². The highest BCUT2D eigenvalue weighted by atomic mass is 16.3. The number of aliphatic hydroxyl groups is 1. The molecule has 4 N–H and O–H groups in total. The van der Waals surface area contributed by atoms with E-state index >= 15 is 0 Å². The molecule has 3 aliphatic carbocycles. The Balaban J connectivity index is 1.18. The first-order chi connectivity index (χ1) is 18.3. The third-order valence-corrected chi connectivity index (χ3v) is 9.43. The van der Waals surface area contributed by atoms with Crippen molar-refractivity contribution in [2.75, 3.05) is 13.1 Å². The van der Waals surface area contributed by atoms with Gasteiger partial charge in [-0.05, 0) is 80.8 Å². The summed E-state index contributed by atoms with van der Waals surface area (Å²) in [5.74, 6) is -1.51. The van der Waals surface area contributed by atoms with Crippen molar-refractivity contribution in [1.82, 2.24) is 20.9 Å². The van der Waals surface area contributed by atoms with Crippen LogP contribution in [0.3, 0.4) is 0 Å². The van der Waals surface area contributed by atoms with E-state index in [1.807, 2.05) is 12.1 Å². The lowest BCUT2D eigenvalue weighted by Crippen LogP contribution is -2.59. The fraction of sp³-hybridized carbons (Fsp3) is 0.655. The number of hydrogen-bond donors (Lipinski definition) is 4. The van der Waals surface area contributed by atoms with Crippen LogP contribution in [0.2, 0.25) is 0 Å². The summed E-state index contributed by atoms with van der Waals surface area (Å²) in [6.07, 6.45) is 6.08. The number of benzene rings is 1. The average molecular weight is 523 g/mol. The first kappa shape index (κ1) is 25.3. The molecular formula is C29H38N4O5. The number of aliphatic hydroxyl groups excluding tert-OH is 1. The van der Waals surface area contributed by atoms with E-state index in [0.29, 0.717) is 38.8 Å². The van der Waals surface area contributed by atoms with E-state index in [0.717, 1.165) is 32.1 Å². The number of likely N-dealkylation sites (tertiary alicyclic amines) is 1. The van der Waals surface area contributed by atoms with E-state index in [9.17, 15) is 24.3 Å². The molecule has 38 heavy (non-hydrogen) atoms. The predicted octanol–water partition coefficient (Wildman–Crippen LogP) is 0.823. The molecule has 1 aromatic carbocycles. The van der Waals surface area contributed by atoms with E-state index in [4.69, 9.17) is 0 Å². The van der Waals surface area contributed by atoms with Gasteiger partial charge in [-0.1, -0.05) is 24.3 Å². The fourth-order valence-electron chi connectivity index (χ4n) is 6.65. The first-order valence-corrected chi connectivity index (χ1v) is 14.3. The summed E-state index contributed by atoms with van der Waals surface area (Å²) >= 11 is 0. The normalized spacial score (nSPS) is 27.4. The highest BCUT2D eigenvalue weighted by molar-refractivity contribution is 5.91. The molecule has 204 valence electrons. The molecule has 1 spiro atoms. The molecule has 9 heteroatoms. The van der Waals surface area contributed by atoms with Crippen molar-refractivity contribution in [2.45, 2.75) is 88.4 Å². The van der Waals surface area contributed by atoms with Crippen molar-refractivity contribution in [2.24, 2.45) is 17.3 Å². The van der Waals surface area contributed by atoms with Crippen molar-refractivity contribution in [1.29, 1.82) is 0 Å². The smallest absolute Gasteiger partial charge is 0.251 e. The number of fused-ring (bicyclic) bond motifs is 1. The number of rotatable bonds is 8. The van der Waals surface area contributed by atoms with Crippen LogP contribution in [0.4, 0.5) is 0 Å². The molecule has 4 amide bonds. The summed E-state index contributed by atoms with van der Waals surface area (Å²) in [6, 6.07) is 6.66. The first-order valence-electron chi connectivity index (χ1n) is 14.3. The van der Waals surface area contributed by atoms with Crippen LogP contribution < -0.4 is 16.0 Å². The Kier molecular flexibility index (Phi) is 6.66. The van der Waals surface area contributed by atoms with Gasteiger partial charge in [0.15, 0.2) is 6.10 Å². The van der Waals surface area contributed by atoms with Gasteiger partial charge in [-0.15, -0.1) is 0 Å². The van der Waals surface area contributed by atoms with E-state index in [-0.39, 0.29) is 47.4 Å². The van der Waals surface area contributed by atoms with Gasteiger partial charge < -0.3 is 26.0 Å². The van der Waals surface area contributed by atoms with Gasteiger partial charge in [0.05, 0.1) is 6.04 Å². The minimum Gasteiger partial charge on any atom is -0.381 e. The molecule has 0 aromatic heterocycles. The zero-order valence-electron chi connectivity index (χ0n) is 21.8. The molecule has 2 heterocycles. The maximum absolute atomic E-state index is 13.8. The molecule has 0 radical (unpaired) electrons. The van der Waals surface area contributed by atoms with Gasteiger partial charge in [-0.25, -0.2) is 0 Å². The lowest BCUT2D eigenvalue weighted by atomic mass is 9.85. The number of carbonyl (C=O) groups excluding carboxylic acids is 4. The van der Waals surface area contributed by atoms with Crippen LogP contribution in [-0.2, 0) is 32.0 Å². The zero-order chi connectivity index (χ0) is 26.4. The predicted molar refractivity (Wildman–Crippen MR) is 139 cm³/mol. The Labute approximate surface area is 223 Å². The third-order valence-electron chi connectivity index (χ3n) is 9.43. The molecule has 0 bridgehead atoms. The SMILES string of the molecule is O=C(NC1CC1)C(O)[C@H](C[C@@H]1CCNC1=O)NC(=O)[C@@H]1CC2(CCN1C(=O)C1Cc3ccccc3C1)CC2. The molecule has 2 aliphatic heterocycles. The van der Waals surface area contributed by atoms with Crippen LogP contribution in [0, 0.1) is 17.3 Å². The second-order valence-corrected chi connectivity index (χ2v) is 12.2. The van der Waals surface area contributed by atoms with E-state index < -0.39 is 24.1 Å². The molecule has 1 aromatic rings. The highest BCUT2D eigenvalue weighted by Crippen LogP contribution is 2.55. The van der Waals surface area contributed by atoms with Gasteiger partial charge >= 0.3 is 0 Å². The fourth-order valence-corrected chi connectivity index (χ4v) is 6.65. The number of hydrogen-bond acceptors (Lipinski definition) is 5. The summed E-state index contributed by atoms with van der Waals surface area (Å²) in [4.78, 5) is 54.4. The second kappa shape index (κ2) is 9.98. The number of amides is 4. The number of nitrogens with one attached hydrogen (secondary N) is 3. The Morgan fingerprint density at radius 2 is 1.79 bits per heavy atom. The van der Waals surface area contributed by atoms with Crippen LogP contribution in [0.15, 0.2) is 24.3 Å². The largest absolute Gasteiger partial charge is 0.381 e. The molecule has 2 saturated carbocycles. The number of piperidine rings is 1. The monoisotopic (exact) mass is 522 g/mol. The van der Waals surface area contributed by atoms with E-state index in [1.54, 1.807) is 4.90 Å². The summed E-state index contributed by atoms with van der Waals surface area (Å²) in [5.41, 5.74) is 2.50. The molecule has 5 aliphatic rings. The minimum absolute atomic E-state index is 0.00981. The molecule has 6 rings (SSSR count). The molecule has 4 atom stereocenters. The van der Waals surface area contributed by atoms with Crippen LogP contribution in [0.5, 0.6) is 0 Å². The summed E-state index contributed by atoms with van der Waals surface area (Å²) < 4.78 is 0. The van der Waals surface area contributed by atoms with Crippen molar-refractivity contribution in [3.05, 3.63) is 35.4 Å². The maximum Gasteiger partial charge on any atom is 0.251 e. The topological polar surface area (TPSA) is 128 Å². The van der Waals surface area contributed by atoms with Gasteiger partial charge in [-0.3, -0.25) is 19.2 Å². The van der Waals surface area contributed by atoms with E-state index in [2.05, 4.69) is 28.1 Å². The maximum atomic E-state index is 13.8. The minimum atomic E-state index is -1.46. The van der Waals surface area contributed by atoms with Crippen molar-refractivity contribution < 1.29 is 24.3 Å². The highest BCUT2D eigenvalue weighted by Gasteiger charge is 2.52. The van der Waals surface area contributed by atoms with Crippen LogP contribution in [0.25, 0.3) is 0 Å². The van der Waals surface area contributed by atoms with Gasteiger partial charge in [-0.2, -0.15) is 0 Å². The average Bonchev–Trinajstić information content (AvgIpc) is 3.80. The Morgan fingerprint density at radius 1 is 1.08 bits per heavy atom. The van der Waals surface area contributed by atoms with Crippen molar-refractivity contribution in [3.63, 3.8) is 0 Å². The van der Waals surface area contributed by atoms with Crippen molar-refractivity contribution >= 4 is 23.6 Å². The van der Waals surface area contributed by atoms with Crippen LogP contribution >= 0.6 is 0 Å².